The van der Waals surface area contributed by atoms with E-state index in [-0.39, 0.29) is 0 Å². The van der Waals surface area contributed by atoms with Crippen LogP contribution in [0.3, 0.4) is 0 Å². The molecule has 0 bridgehead atoms. The predicted octanol–water partition coefficient (Wildman–Crippen LogP) is 1.93. The van der Waals surface area contributed by atoms with Crippen molar-refractivity contribution in [3.05, 3.63) is 53.4 Å². The standard InChI is InChI=1S/C12H13F2N3/c1-15-5-9-6-16-17(7-9)8-10-2-3-11(13)4-12(10)14/h2-4,6-7,15H,5,8H2,1H3. The lowest BCUT2D eigenvalue weighted by atomic mass is 10.2. The van der Waals surface area contributed by atoms with Crippen LogP contribution in [0.15, 0.2) is 30.6 Å². The molecule has 2 rings (SSSR count). The van der Waals surface area contributed by atoms with Crippen LogP contribution in [0.5, 0.6) is 0 Å². The fraction of sp³-hybridized carbons (Fsp3) is 0.250. The van der Waals surface area contributed by atoms with Gasteiger partial charge in [0.25, 0.3) is 0 Å². The number of halogens is 2. The van der Waals surface area contributed by atoms with Crippen LogP contribution < -0.4 is 5.32 Å². The van der Waals surface area contributed by atoms with Gasteiger partial charge >= 0.3 is 0 Å². The Morgan fingerprint density at radius 3 is 2.88 bits per heavy atom. The van der Waals surface area contributed by atoms with E-state index in [0.29, 0.717) is 18.7 Å². The van der Waals surface area contributed by atoms with E-state index in [0.717, 1.165) is 11.6 Å². The molecule has 0 aliphatic carbocycles. The molecule has 3 nitrogen and oxygen atoms in total. The minimum absolute atomic E-state index is 0.301. The monoisotopic (exact) mass is 237 g/mol. The molecule has 0 atom stereocenters. The maximum atomic E-state index is 13.4. The maximum Gasteiger partial charge on any atom is 0.131 e. The van der Waals surface area contributed by atoms with Gasteiger partial charge in [-0.05, 0) is 13.1 Å². The normalized spacial score (nSPS) is 10.8. The van der Waals surface area contributed by atoms with Crippen molar-refractivity contribution in [2.75, 3.05) is 7.05 Å². The first-order valence-electron chi connectivity index (χ1n) is 5.29. The van der Waals surface area contributed by atoms with Gasteiger partial charge in [0, 0.05) is 29.9 Å². The second kappa shape index (κ2) is 5.05. The molecule has 0 unspecified atom stereocenters. The van der Waals surface area contributed by atoms with Crippen molar-refractivity contribution >= 4 is 0 Å². The first-order valence-corrected chi connectivity index (χ1v) is 5.29. The van der Waals surface area contributed by atoms with Crippen molar-refractivity contribution in [1.82, 2.24) is 15.1 Å². The molecule has 5 heteroatoms. The number of nitrogens with zero attached hydrogens (tertiary/aromatic N) is 2. The summed E-state index contributed by atoms with van der Waals surface area (Å²) in [6, 6.07) is 3.56. The SMILES string of the molecule is CNCc1cnn(Cc2ccc(F)cc2F)c1. The summed E-state index contributed by atoms with van der Waals surface area (Å²) in [5.41, 5.74) is 1.44. The smallest absolute Gasteiger partial charge is 0.131 e. The molecular formula is C12H13F2N3. The maximum absolute atomic E-state index is 13.4. The first kappa shape index (κ1) is 11.7. The summed E-state index contributed by atoms with van der Waals surface area (Å²) >= 11 is 0. The molecule has 0 radical (unpaired) electrons. The molecular weight excluding hydrogens is 224 g/mol. The van der Waals surface area contributed by atoms with Gasteiger partial charge in [0.15, 0.2) is 0 Å². The van der Waals surface area contributed by atoms with E-state index in [1.165, 1.54) is 12.1 Å². The fourth-order valence-electron chi connectivity index (χ4n) is 1.61. The summed E-state index contributed by atoms with van der Waals surface area (Å²) in [5.74, 6) is -1.11. The van der Waals surface area contributed by atoms with Crippen LogP contribution >= 0.6 is 0 Å². The van der Waals surface area contributed by atoms with Crippen LogP contribution in [-0.2, 0) is 13.1 Å². The summed E-state index contributed by atoms with van der Waals surface area (Å²) in [6.07, 6.45) is 3.55. The second-order valence-corrected chi connectivity index (χ2v) is 3.81. The topological polar surface area (TPSA) is 29.9 Å². The Labute approximate surface area is 98.1 Å². The zero-order chi connectivity index (χ0) is 12.3. The molecule has 1 heterocycles. The van der Waals surface area contributed by atoms with Crippen molar-refractivity contribution in [2.24, 2.45) is 0 Å². The lowest BCUT2D eigenvalue weighted by Gasteiger charge is -2.03. The van der Waals surface area contributed by atoms with E-state index < -0.39 is 11.6 Å². The summed E-state index contributed by atoms with van der Waals surface area (Å²) in [4.78, 5) is 0. The number of hydrogen-bond acceptors (Lipinski definition) is 2. The van der Waals surface area contributed by atoms with E-state index in [4.69, 9.17) is 0 Å². The van der Waals surface area contributed by atoms with Gasteiger partial charge in [-0.3, -0.25) is 4.68 Å². The highest BCUT2D eigenvalue weighted by atomic mass is 19.1. The van der Waals surface area contributed by atoms with Crippen LogP contribution in [-0.4, -0.2) is 16.8 Å². The summed E-state index contributed by atoms with van der Waals surface area (Å²) in [7, 11) is 1.84. The zero-order valence-corrected chi connectivity index (χ0v) is 9.45. The minimum atomic E-state index is -0.567. The predicted molar refractivity (Wildman–Crippen MR) is 60.5 cm³/mol. The Bertz CT molecular complexity index is 508. The van der Waals surface area contributed by atoms with E-state index in [2.05, 4.69) is 10.4 Å². The molecule has 0 saturated heterocycles. The van der Waals surface area contributed by atoms with Crippen LogP contribution in [0.2, 0.25) is 0 Å². The molecule has 0 aliphatic rings. The zero-order valence-electron chi connectivity index (χ0n) is 9.45. The fourth-order valence-corrected chi connectivity index (χ4v) is 1.61. The quantitative estimate of drug-likeness (QED) is 0.880. The number of benzene rings is 1. The highest BCUT2D eigenvalue weighted by Crippen LogP contribution is 2.11. The molecule has 2 aromatic rings. The van der Waals surface area contributed by atoms with Crippen LogP contribution in [0, 0.1) is 11.6 Å². The molecule has 1 N–H and O–H groups in total. The largest absolute Gasteiger partial charge is 0.316 e. The summed E-state index contributed by atoms with van der Waals surface area (Å²) < 4.78 is 27.7. The minimum Gasteiger partial charge on any atom is -0.316 e. The van der Waals surface area contributed by atoms with Gasteiger partial charge in [-0.15, -0.1) is 0 Å². The third-order valence-electron chi connectivity index (χ3n) is 2.42. The summed E-state index contributed by atoms with van der Waals surface area (Å²) in [5, 5.41) is 7.11. The van der Waals surface area contributed by atoms with Gasteiger partial charge in [0.05, 0.1) is 12.7 Å². The average Bonchev–Trinajstić information content (AvgIpc) is 2.71. The molecule has 0 spiro atoms. The third-order valence-corrected chi connectivity index (χ3v) is 2.42. The van der Waals surface area contributed by atoms with E-state index >= 15 is 0 Å². The molecule has 0 fully saturated rings. The van der Waals surface area contributed by atoms with Crippen LogP contribution in [0.25, 0.3) is 0 Å². The number of hydrogen-bond donors (Lipinski definition) is 1. The van der Waals surface area contributed by atoms with Crippen molar-refractivity contribution < 1.29 is 8.78 Å². The van der Waals surface area contributed by atoms with Crippen molar-refractivity contribution in [3.8, 4) is 0 Å². The Kier molecular flexibility index (Phi) is 3.49. The van der Waals surface area contributed by atoms with Crippen molar-refractivity contribution in [2.45, 2.75) is 13.1 Å². The van der Waals surface area contributed by atoms with Crippen molar-refractivity contribution in [1.29, 1.82) is 0 Å². The average molecular weight is 237 g/mol. The van der Waals surface area contributed by atoms with Gasteiger partial charge in [0.1, 0.15) is 11.6 Å². The molecule has 90 valence electrons. The molecule has 0 aliphatic heterocycles. The Hall–Kier alpha value is -1.75. The highest BCUT2D eigenvalue weighted by Gasteiger charge is 2.05. The van der Waals surface area contributed by atoms with Crippen LogP contribution in [0.4, 0.5) is 8.78 Å². The third kappa shape index (κ3) is 2.88. The summed E-state index contributed by atoms with van der Waals surface area (Å²) in [6.45, 7) is 1.02. The number of aromatic nitrogens is 2. The Morgan fingerprint density at radius 1 is 1.35 bits per heavy atom. The molecule has 1 aromatic carbocycles. The molecule has 0 saturated carbocycles. The van der Waals surface area contributed by atoms with E-state index in [1.807, 2.05) is 13.2 Å². The second-order valence-electron chi connectivity index (χ2n) is 3.81. The number of rotatable bonds is 4. The van der Waals surface area contributed by atoms with Gasteiger partial charge in [0.2, 0.25) is 0 Å². The Balaban J connectivity index is 2.13. The molecule has 1 aromatic heterocycles. The lowest BCUT2D eigenvalue weighted by molar-refractivity contribution is 0.558. The molecule has 0 amide bonds. The van der Waals surface area contributed by atoms with Crippen LogP contribution in [0.1, 0.15) is 11.1 Å². The Morgan fingerprint density at radius 2 is 2.18 bits per heavy atom. The number of nitrogens with one attached hydrogen (secondary N) is 1. The lowest BCUT2D eigenvalue weighted by Crippen LogP contribution is -2.05. The molecule has 17 heavy (non-hydrogen) atoms. The highest BCUT2D eigenvalue weighted by molar-refractivity contribution is 5.19. The first-order chi connectivity index (χ1) is 8.19. The van der Waals surface area contributed by atoms with Gasteiger partial charge in [-0.1, -0.05) is 6.07 Å². The van der Waals surface area contributed by atoms with Crippen molar-refractivity contribution in [3.63, 3.8) is 0 Å². The van der Waals surface area contributed by atoms with Gasteiger partial charge in [-0.2, -0.15) is 5.10 Å². The van der Waals surface area contributed by atoms with Gasteiger partial charge < -0.3 is 5.32 Å². The van der Waals surface area contributed by atoms with E-state index in [1.54, 1.807) is 10.9 Å². The van der Waals surface area contributed by atoms with E-state index in [9.17, 15) is 8.78 Å². The van der Waals surface area contributed by atoms with Gasteiger partial charge in [-0.25, -0.2) is 8.78 Å².